The third kappa shape index (κ3) is 2.83. The van der Waals surface area contributed by atoms with E-state index in [0.717, 1.165) is 33.8 Å². The van der Waals surface area contributed by atoms with E-state index in [1.54, 1.807) is 34.3 Å². The first-order valence-electron chi connectivity index (χ1n) is 8.30. The van der Waals surface area contributed by atoms with E-state index in [4.69, 9.17) is 11.6 Å². The third-order valence-corrected chi connectivity index (χ3v) is 5.22. The van der Waals surface area contributed by atoms with Crippen molar-refractivity contribution in [2.24, 2.45) is 0 Å². The first-order valence-corrected chi connectivity index (χ1v) is 9.62. The van der Waals surface area contributed by atoms with Gasteiger partial charge < -0.3 is 10.3 Å². The molecule has 0 aliphatic rings. The van der Waals surface area contributed by atoms with E-state index in [0.29, 0.717) is 23.0 Å². The smallest absolute Gasteiger partial charge is 0.178 e. The highest BCUT2D eigenvalue weighted by molar-refractivity contribution is 7.08. The molecule has 0 amide bonds. The van der Waals surface area contributed by atoms with Crippen LogP contribution in [0.15, 0.2) is 41.4 Å². The molecule has 5 aromatic rings. The van der Waals surface area contributed by atoms with Gasteiger partial charge >= 0.3 is 0 Å². The average molecular weight is 396 g/mol. The summed E-state index contributed by atoms with van der Waals surface area (Å²) < 4.78 is 1.76. The van der Waals surface area contributed by atoms with Crippen LogP contribution in [-0.4, -0.2) is 29.5 Å². The maximum absolute atomic E-state index is 6.25. The maximum atomic E-state index is 6.25. The fourth-order valence-electron chi connectivity index (χ4n) is 3.02. The van der Waals surface area contributed by atoms with Crippen LogP contribution in [0.4, 0.5) is 5.69 Å². The van der Waals surface area contributed by atoms with Gasteiger partial charge in [0.05, 0.1) is 29.6 Å². The van der Waals surface area contributed by atoms with Gasteiger partial charge in [-0.3, -0.25) is 0 Å². The number of hydrogen-bond donors (Lipinski definition) is 2. The molecule has 0 aliphatic heterocycles. The van der Waals surface area contributed by atoms with Crippen molar-refractivity contribution in [2.75, 3.05) is 5.32 Å². The summed E-state index contributed by atoms with van der Waals surface area (Å²) in [6.45, 7) is 2.52. The normalized spacial score (nSPS) is 11.5. The van der Waals surface area contributed by atoms with Crippen molar-refractivity contribution >= 4 is 45.4 Å². The Bertz CT molecular complexity index is 1260. The number of imidazole rings is 2. The Labute approximate surface area is 163 Å². The highest BCUT2D eigenvalue weighted by atomic mass is 35.5. The van der Waals surface area contributed by atoms with Crippen molar-refractivity contribution < 1.29 is 0 Å². The second-order valence-electron chi connectivity index (χ2n) is 6.14. The molecule has 27 heavy (non-hydrogen) atoms. The van der Waals surface area contributed by atoms with Crippen LogP contribution >= 0.6 is 22.9 Å². The number of fused-ring (bicyclic) bond motifs is 2. The quantitative estimate of drug-likeness (QED) is 0.474. The van der Waals surface area contributed by atoms with Gasteiger partial charge in [0.2, 0.25) is 0 Å². The van der Waals surface area contributed by atoms with Crippen LogP contribution < -0.4 is 5.32 Å². The van der Waals surface area contributed by atoms with Gasteiger partial charge in [0.25, 0.3) is 0 Å². The van der Waals surface area contributed by atoms with Crippen LogP contribution in [0.25, 0.3) is 28.1 Å². The van der Waals surface area contributed by atoms with Crippen molar-refractivity contribution in [2.45, 2.75) is 13.5 Å². The van der Waals surface area contributed by atoms with E-state index in [2.05, 4.69) is 35.7 Å². The minimum Gasteiger partial charge on any atom is -0.375 e. The predicted molar refractivity (Wildman–Crippen MR) is 107 cm³/mol. The zero-order valence-electron chi connectivity index (χ0n) is 14.3. The van der Waals surface area contributed by atoms with Crippen molar-refractivity contribution in [1.82, 2.24) is 29.5 Å². The topological polar surface area (TPSA) is 83.8 Å². The van der Waals surface area contributed by atoms with Crippen molar-refractivity contribution in [3.8, 4) is 11.3 Å². The first-order chi connectivity index (χ1) is 13.2. The number of hydrogen-bond acceptors (Lipinski definition) is 6. The number of pyridine rings is 1. The van der Waals surface area contributed by atoms with Crippen molar-refractivity contribution in [1.29, 1.82) is 0 Å². The standard InChI is InChI=1S/C18H14ClN7S/c1-10-2-4-20-17-16(10)23-15(24-17)8-21-12-6-14(19)25-26-13(7-22-18(12)26)11-3-5-27-9-11/h2-7,9,21H,8H2,1H3,(H,20,23,24). The van der Waals surface area contributed by atoms with Crippen molar-refractivity contribution in [3.63, 3.8) is 0 Å². The van der Waals surface area contributed by atoms with Crippen LogP contribution in [-0.2, 0) is 6.54 Å². The molecule has 5 aromatic heterocycles. The summed E-state index contributed by atoms with van der Waals surface area (Å²) in [5.74, 6) is 0.794. The van der Waals surface area contributed by atoms with Crippen LogP contribution in [0, 0.1) is 6.92 Å². The Morgan fingerprint density at radius 2 is 2.22 bits per heavy atom. The maximum Gasteiger partial charge on any atom is 0.178 e. The summed E-state index contributed by atoms with van der Waals surface area (Å²) in [5, 5.41) is 12.2. The number of nitrogens with zero attached hydrogens (tertiary/aromatic N) is 5. The fourth-order valence-corrected chi connectivity index (χ4v) is 3.86. The zero-order valence-corrected chi connectivity index (χ0v) is 15.8. The molecule has 0 atom stereocenters. The number of thiophene rings is 1. The number of rotatable bonds is 4. The molecule has 9 heteroatoms. The van der Waals surface area contributed by atoms with E-state index < -0.39 is 0 Å². The molecule has 0 unspecified atom stereocenters. The summed E-state index contributed by atoms with van der Waals surface area (Å²) in [5.41, 5.74) is 6.25. The Balaban J connectivity index is 1.50. The number of aromatic nitrogens is 6. The number of aryl methyl sites for hydroxylation is 1. The first kappa shape index (κ1) is 16.2. The number of H-pyrrole nitrogens is 1. The fraction of sp³-hybridized carbons (Fsp3) is 0.111. The Kier molecular flexibility index (Phi) is 3.80. The van der Waals surface area contributed by atoms with Crippen LogP contribution in [0.2, 0.25) is 5.15 Å². The third-order valence-electron chi connectivity index (χ3n) is 4.35. The van der Waals surface area contributed by atoms with E-state index in [1.165, 1.54) is 0 Å². The SMILES string of the molecule is Cc1ccnc2nc(CNc3cc(Cl)nn4c(-c5ccsc5)cnc34)[nH]c12. The van der Waals surface area contributed by atoms with Crippen molar-refractivity contribution in [3.05, 3.63) is 57.9 Å². The molecule has 2 N–H and O–H groups in total. The van der Waals surface area contributed by atoms with Gasteiger partial charge in [-0.1, -0.05) is 11.6 Å². The lowest BCUT2D eigenvalue weighted by atomic mass is 10.3. The van der Waals surface area contributed by atoms with E-state index >= 15 is 0 Å². The van der Waals surface area contributed by atoms with Gasteiger partial charge in [0.15, 0.2) is 16.4 Å². The van der Waals surface area contributed by atoms with E-state index in [-0.39, 0.29) is 0 Å². The number of aromatic amines is 1. The van der Waals surface area contributed by atoms with Gasteiger partial charge in [0, 0.05) is 23.2 Å². The number of nitrogens with one attached hydrogen (secondary N) is 2. The summed E-state index contributed by atoms with van der Waals surface area (Å²) in [7, 11) is 0. The summed E-state index contributed by atoms with van der Waals surface area (Å²) in [6, 6.07) is 5.77. The highest BCUT2D eigenvalue weighted by Gasteiger charge is 2.13. The highest BCUT2D eigenvalue weighted by Crippen LogP contribution is 2.27. The summed E-state index contributed by atoms with van der Waals surface area (Å²) in [4.78, 5) is 16.7. The lowest BCUT2D eigenvalue weighted by Gasteiger charge is -2.07. The molecule has 0 bridgehead atoms. The average Bonchev–Trinajstić information content (AvgIpc) is 3.38. The molecule has 5 heterocycles. The second-order valence-corrected chi connectivity index (χ2v) is 7.30. The summed E-state index contributed by atoms with van der Waals surface area (Å²) >= 11 is 7.88. The largest absolute Gasteiger partial charge is 0.375 e. The monoisotopic (exact) mass is 395 g/mol. The van der Waals surface area contributed by atoms with Crippen LogP contribution in [0.1, 0.15) is 11.4 Å². The Morgan fingerprint density at radius 3 is 3.04 bits per heavy atom. The lowest BCUT2D eigenvalue weighted by Crippen LogP contribution is -2.05. The molecule has 0 spiro atoms. The summed E-state index contributed by atoms with van der Waals surface area (Å²) in [6.07, 6.45) is 3.57. The molecule has 7 nitrogen and oxygen atoms in total. The molecule has 0 saturated heterocycles. The Hall–Kier alpha value is -2.97. The minimum absolute atomic E-state index is 0.390. The molecule has 0 saturated carbocycles. The molecular formula is C18H14ClN7S. The molecule has 134 valence electrons. The van der Waals surface area contributed by atoms with Crippen LogP contribution in [0.5, 0.6) is 0 Å². The van der Waals surface area contributed by atoms with Gasteiger partial charge in [-0.2, -0.15) is 16.4 Å². The number of anilines is 1. The lowest BCUT2D eigenvalue weighted by molar-refractivity contribution is 0.936. The van der Waals surface area contributed by atoms with Gasteiger partial charge in [0.1, 0.15) is 5.82 Å². The molecule has 0 aromatic carbocycles. The van der Waals surface area contributed by atoms with Crippen LogP contribution in [0.3, 0.4) is 0 Å². The molecule has 5 rings (SSSR count). The minimum atomic E-state index is 0.390. The van der Waals surface area contributed by atoms with Gasteiger partial charge in [-0.05, 0) is 30.0 Å². The van der Waals surface area contributed by atoms with E-state index in [1.807, 2.05) is 24.4 Å². The molecular weight excluding hydrogens is 382 g/mol. The predicted octanol–water partition coefficient (Wildman–Crippen LogP) is 4.30. The van der Waals surface area contributed by atoms with E-state index in [9.17, 15) is 0 Å². The number of halogens is 1. The van der Waals surface area contributed by atoms with Gasteiger partial charge in [-0.25, -0.2) is 19.5 Å². The molecule has 0 fully saturated rings. The molecule has 0 radical (unpaired) electrons. The second kappa shape index (κ2) is 6.33. The Morgan fingerprint density at radius 1 is 1.30 bits per heavy atom. The zero-order chi connectivity index (χ0) is 18.4. The molecule has 0 aliphatic carbocycles. The van der Waals surface area contributed by atoms with Gasteiger partial charge in [-0.15, -0.1) is 0 Å².